The first-order valence-corrected chi connectivity index (χ1v) is 9.55. The van der Waals surface area contributed by atoms with Gasteiger partial charge in [-0.2, -0.15) is 0 Å². The molecule has 1 saturated carbocycles. The Morgan fingerprint density at radius 2 is 1.78 bits per heavy atom. The predicted molar refractivity (Wildman–Crippen MR) is 86.8 cm³/mol. The van der Waals surface area contributed by atoms with Gasteiger partial charge in [-0.3, -0.25) is 4.79 Å². The Balaban J connectivity index is 1.71. The highest BCUT2D eigenvalue weighted by Gasteiger charge is 2.23. The number of benzene rings is 1. The fourth-order valence-corrected chi connectivity index (χ4v) is 4.41. The van der Waals surface area contributed by atoms with Gasteiger partial charge < -0.3 is 9.64 Å². The predicted octanol–water partition coefficient (Wildman–Crippen LogP) is 1.66. The van der Waals surface area contributed by atoms with E-state index in [1.165, 1.54) is 6.42 Å². The summed E-state index contributed by atoms with van der Waals surface area (Å²) >= 11 is 0. The highest BCUT2D eigenvalue weighted by molar-refractivity contribution is 7.89. The van der Waals surface area contributed by atoms with Crippen LogP contribution in [0.1, 0.15) is 32.1 Å². The third-order valence-corrected chi connectivity index (χ3v) is 5.91. The second-order valence-corrected chi connectivity index (χ2v) is 7.76. The van der Waals surface area contributed by atoms with E-state index in [4.69, 9.17) is 4.74 Å². The summed E-state index contributed by atoms with van der Waals surface area (Å²) in [5, 5.41) is 0. The number of carbonyl (C=O) groups is 1. The van der Waals surface area contributed by atoms with E-state index in [9.17, 15) is 13.2 Å². The van der Waals surface area contributed by atoms with Crippen LogP contribution in [0.5, 0.6) is 0 Å². The normalized spacial score (nSPS) is 20.7. The lowest BCUT2D eigenvalue weighted by atomic mass is 9.96. The van der Waals surface area contributed by atoms with Crippen LogP contribution < -0.4 is 9.62 Å². The number of nitrogens with one attached hydrogen (secondary N) is 1. The van der Waals surface area contributed by atoms with Crippen LogP contribution in [0.15, 0.2) is 29.2 Å². The van der Waals surface area contributed by atoms with Crippen molar-refractivity contribution in [1.82, 2.24) is 4.72 Å². The number of morpholine rings is 1. The molecule has 0 radical (unpaired) electrons. The van der Waals surface area contributed by atoms with E-state index in [1.807, 2.05) is 0 Å². The van der Waals surface area contributed by atoms with Gasteiger partial charge in [-0.15, -0.1) is 0 Å². The van der Waals surface area contributed by atoms with Crippen LogP contribution in [0.4, 0.5) is 5.69 Å². The number of nitrogens with zero attached hydrogens (tertiary/aromatic N) is 1. The van der Waals surface area contributed by atoms with E-state index >= 15 is 0 Å². The molecular formula is C16H22N2O4S. The molecule has 1 aliphatic heterocycles. The molecular weight excluding hydrogens is 316 g/mol. The van der Waals surface area contributed by atoms with Crippen LogP contribution in [0.25, 0.3) is 0 Å². The molecule has 1 N–H and O–H groups in total. The number of hydrogen-bond acceptors (Lipinski definition) is 4. The van der Waals surface area contributed by atoms with Crippen LogP contribution >= 0.6 is 0 Å². The molecule has 0 unspecified atom stereocenters. The summed E-state index contributed by atoms with van der Waals surface area (Å²) < 4.78 is 32.8. The third-order valence-electron chi connectivity index (χ3n) is 4.37. The maximum absolute atomic E-state index is 12.4. The van der Waals surface area contributed by atoms with Crippen molar-refractivity contribution in [2.24, 2.45) is 0 Å². The molecule has 0 bridgehead atoms. The van der Waals surface area contributed by atoms with Crippen LogP contribution in [0.2, 0.25) is 0 Å². The van der Waals surface area contributed by atoms with Gasteiger partial charge in [0.15, 0.2) is 0 Å². The molecule has 1 aromatic carbocycles. The quantitative estimate of drug-likeness (QED) is 0.906. The second-order valence-electron chi connectivity index (χ2n) is 6.05. The highest BCUT2D eigenvalue weighted by atomic mass is 32.2. The maximum Gasteiger partial charge on any atom is 0.253 e. The Bertz CT molecular complexity index is 651. The molecule has 126 valence electrons. The minimum atomic E-state index is -3.50. The molecule has 23 heavy (non-hydrogen) atoms. The van der Waals surface area contributed by atoms with E-state index < -0.39 is 10.0 Å². The molecule has 2 fully saturated rings. The van der Waals surface area contributed by atoms with Gasteiger partial charge in [-0.1, -0.05) is 19.3 Å². The Kier molecular flexibility index (Phi) is 4.99. The van der Waals surface area contributed by atoms with Gasteiger partial charge >= 0.3 is 0 Å². The van der Waals surface area contributed by atoms with Gasteiger partial charge in [-0.05, 0) is 37.1 Å². The summed E-state index contributed by atoms with van der Waals surface area (Å²) in [4.78, 5) is 13.7. The molecule has 1 heterocycles. The van der Waals surface area contributed by atoms with Gasteiger partial charge in [0.05, 0.1) is 11.5 Å². The fraction of sp³-hybridized carbons (Fsp3) is 0.562. The zero-order chi connectivity index (χ0) is 16.3. The van der Waals surface area contributed by atoms with Gasteiger partial charge in [0.1, 0.15) is 6.61 Å². The molecule has 6 nitrogen and oxygen atoms in total. The Morgan fingerprint density at radius 1 is 1.09 bits per heavy atom. The van der Waals surface area contributed by atoms with Crippen molar-refractivity contribution >= 4 is 21.6 Å². The van der Waals surface area contributed by atoms with Crippen molar-refractivity contribution in [3.05, 3.63) is 24.3 Å². The molecule has 1 amide bonds. The maximum atomic E-state index is 12.4. The highest BCUT2D eigenvalue weighted by Crippen LogP contribution is 2.22. The summed E-state index contributed by atoms with van der Waals surface area (Å²) in [7, 11) is -3.50. The standard InChI is InChI=1S/C16H22N2O4S/c19-16-12-22-11-10-18(16)14-6-8-15(9-7-14)23(20,21)17-13-4-2-1-3-5-13/h6-9,13,17H,1-5,10-12H2. The van der Waals surface area contributed by atoms with Gasteiger partial charge in [0, 0.05) is 18.3 Å². The molecule has 2 aliphatic rings. The molecule has 1 aliphatic carbocycles. The lowest BCUT2D eigenvalue weighted by molar-refractivity contribution is -0.125. The average Bonchev–Trinajstić information content (AvgIpc) is 2.56. The summed E-state index contributed by atoms with van der Waals surface area (Å²) in [6.07, 6.45) is 5.14. The van der Waals surface area contributed by atoms with Crippen LogP contribution in [0, 0.1) is 0 Å². The summed E-state index contributed by atoms with van der Waals surface area (Å²) in [5.74, 6) is -0.104. The Hall–Kier alpha value is -1.44. The number of amides is 1. The van der Waals surface area contributed by atoms with Crippen molar-refractivity contribution in [2.45, 2.75) is 43.0 Å². The SMILES string of the molecule is O=C1COCCN1c1ccc(S(=O)(=O)NC2CCCCC2)cc1. The van der Waals surface area contributed by atoms with E-state index in [1.54, 1.807) is 29.2 Å². The third kappa shape index (κ3) is 3.91. The molecule has 0 atom stereocenters. The van der Waals surface area contributed by atoms with E-state index in [-0.39, 0.29) is 23.5 Å². The van der Waals surface area contributed by atoms with Crippen molar-refractivity contribution in [3.63, 3.8) is 0 Å². The lowest BCUT2D eigenvalue weighted by Crippen LogP contribution is -2.41. The second kappa shape index (κ2) is 6.98. The molecule has 0 aromatic heterocycles. The first kappa shape index (κ1) is 16.4. The molecule has 7 heteroatoms. The molecule has 1 saturated heterocycles. The zero-order valence-electron chi connectivity index (χ0n) is 13.0. The zero-order valence-corrected chi connectivity index (χ0v) is 13.8. The van der Waals surface area contributed by atoms with Crippen LogP contribution in [-0.2, 0) is 19.6 Å². The average molecular weight is 338 g/mol. The number of ether oxygens (including phenoxy) is 1. The fourth-order valence-electron chi connectivity index (χ4n) is 3.10. The van der Waals surface area contributed by atoms with Crippen molar-refractivity contribution in [2.75, 3.05) is 24.7 Å². The monoisotopic (exact) mass is 338 g/mol. The van der Waals surface area contributed by atoms with Gasteiger partial charge in [0.2, 0.25) is 10.0 Å². The smallest absolute Gasteiger partial charge is 0.253 e. The number of hydrogen-bond donors (Lipinski definition) is 1. The first-order valence-electron chi connectivity index (χ1n) is 8.07. The van der Waals surface area contributed by atoms with Gasteiger partial charge in [-0.25, -0.2) is 13.1 Å². The largest absolute Gasteiger partial charge is 0.370 e. The number of rotatable bonds is 4. The first-order chi connectivity index (χ1) is 11.1. The van der Waals surface area contributed by atoms with Gasteiger partial charge in [0.25, 0.3) is 5.91 Å². The Labute approximate surface area is 136 Å². The topological polar surface area (TPSA) is 75.7 Å². The van der Waals surface area contributed by atoms with E-state index in [0.29, 0.717) is 18.8 Å². The van der Waals surface area contributed by atoms with Crippen molar-refractivity contribution in [1.29, 1.82) is 0 Å². The van der Waals surface area contributed by atoms with Crippen LogP contribution in [-0.4, -0.2) is 40.1 Å². The van der Waals surface area contributed by atoms with Crippen LogP contribution in [0.3, 0.4) is 0 Å². The van der Waals surface area contributed by atoms with Crippen molar-refractivity contribution < 1.29 is 17.9 Å². The minimum Gasteiger partial charge on any atom is -0.370 e. The Morgan fingerprint density at radius 3 is 2.43 bits per heavy atom. The van der Waals surface area contributed by atoms with Crippen molar-refractivity contribution in [3.8, 4) is 0 Å². The summed E-state index contributed by atoms with van der Waals surface area (Å²) in [6.45, 7) is 1.06. The summed E-state index contributed by atoms with van der Waals surface area (Å²) in [6, 6.07) is 6.51. The summed E-state index contributed by atoms with van der Waals surface area (Å²) in [5.41, 5.74) is 0.704. The van der Waals surface area contributed by atoms with E-state index in [0.717, 1.165) is 25.7 Å². The molecule has 3 rings (SSSR count). The number of carbonyl (C=O) groups excluding carboxylic acids is 1. The van der Waals surface area contributed by atoms with E-state index in [2.05, 4.69) is 4.72 Å². The lowest BCUT2D eigenvalue weighted by Gasteiger charge is -2.27. The molecule has 1 aromatic rings. The molecule has 0 spiro atoms. The number of anilines is 1. The number of sulfonamides is 1. The minimum absolute atomic E-state index is 0.0363.